The van der Waals surface area contributed by atoms with E-state index in [9.17, 15) is 9.59 Å². The van der Waals surface area contributed by atoms with Gasteiger partial charge >= 0.3 is 51.4 Å². The Morgan fingerprint density at radius 3 is 2.57 bits per heavy atom. The van der Waals surface area contributed by atoms with Gasteiger partial charge in [-0.3, -0.25) is 0 Å². The van der Waals surface area contributed by atoms with Gasteiger partial charge in [-0.25, -0.2) is 0 Å². The minimum Gasteiger partial charge on any atom is -0.655 e. The summed E-state index contributed by atoms with van der Waals surface area (Å²) in [6, 6.07) is 0. The van der Waals surface area contributed by atoms with Crippen molar-refractivity contribution >= 4 is 12.2 Å². The van der Waals surface area contributed by atoms with Crippen molar-refractivity contribution in [3.05, 3.63) is 29.6 Å². The molecule has 0 spiro atoms. The van der Waals surface area contributed by atoms with E-state index in [-0.39, 0.29) is 63.2 Å². The van der Waals surface area contributed by atoms with Gasteiger partial charge in [-0.15, -0.1) is 7.05 Å². The first-order valence-corrected chi connectivity index (χ1v) is 4.13. The third-order valence-electron chi connectivity index (χ3n) is 1.49. The van der Waals surface area contributed by atoms with Crippen LogP contribution in [0.5, 0.6) is 0 Å². The molecule has 0 radical (unpaired) electrons. The molecule has 72 valence electrons. The first-order valence-electron chi connectivity index (χ1n) is 4.13. The van der Waals surface area contributed by atoms with Crippen LogP contribution in [0.3, 0.4) is 0 Å². The van der Waals surface area contributed by atoms with Crippen molar-refractivity contribution in [3.63, 3.8) is 0 Å². The van der Waals surface area contributed by atoms with Gasteiger partial charge in [0, 0.05) is 12.3 Å². The Hall–Kier alpha value is 0.256. The summed E-state index contributed by atoms with van der Waals surface area (Å²) in [4.78, 5) is 20.8. The summed E-state index contributed by atoms with van der Waals surface area (Å²) in [6.07, 6.45) is 8.19. The standard InChI is InChI=1S/C10H15NO2.K/c1-9(10(13)11-2)7-5-3-4-6-8-12;/h3-5,7-9H,6H2,1-2H3,(H,11,13);/q;+1/p-1/b4-3-,7-5-;. The average Bonchev–Trinajstić information content (AvgIpc) is 2.16. The molecule has 4 heteroatoms. The van der Waals surface area contributed by atoms with Gasteiger partial charge < -0.3 is 14.9 Å². The summed E-state index contributed by atoms with van der Waals surface area (Å²) < 4.78 is 0. The van der Waals surface area contributed by atoms with Gasteiger partial charge in [-0.1, -0.05) is 31.2 Å². The van der Waals surface area contributed by atoms with E-state index in [1.54, 1.807) is 31.2 Å². The molecule has 0 saturated carbocycles. The second kappa shape index (κ2) is 11.3. The van der Waals surface area contributed by atoms with E-state index >= 15 is 0 Å². The van der Waals surface area contributed by atoms with Crippen molar-refractivity contribution in [2.45, 2.75) is 13.3 Å². The number of hydrogen-bond acceptors (Lipinski definition) is 2. The summed E-state index contributed by atoms with van der Waals surface area (Å²) >= 11 is 0. The second-order valence-corrected chi connectivity index (χ2v) is 2.57. The van der Waals surface area contributed by atoms with Crippen molar-refractivity contribution < 1.29 is 61.0 Å². The van der Waals surface area contributed by atoms with E-state index in [2.05, 4.69) is 5.32 Å². The Morgan fingerprint density at radius 2 is 2.07 bits per heavy atom. The van der Waals surface area contributed by atoms with E-state index in [0.717, 1.165) is 6.29 Å². The average molecular weight is 219 g/mol. The van der Waals surface area contributed by atoms with E-state index in [0.29, 0.717) is 6.42 Å². The number of amides is 1. The third kappa shape index (κ3) is 8.84. The molecule has 0 heterocycles. The molecular weight excluding hydrogens is 205 g/mol. The summed E-state index contributed by atoms with van der Waals surface area (Å²) in [6.45, 7) is 1.78. The predicted molar refractivity (Wildman–Crippen MR) is 52.4 cm³/mol. The Morgan fingerprint density at radius 1 is 1.43 bits per heavy atom. The second-order valence-electron chi connectivity index (χ2n) is 2.57. The maximum atomic E-state index is 10.9. The van der Waals surface area contributed by atoms with Crippen molar-refractivity contribution in [3.8, 4) is 0 Å². The van der Waals surface area contributed by atoms with Crippen LogP contribution in [0.2, 0.25) is 0 Å². The van der Waals surface area contributed by atoms with Crippen LogP contribution < -0.4 is 51.4 Å². The zero-order valence-electron chi connectivity index (χ0n) is 8.93. The number of nitrogens with zero attached hydrogens (tertiary/aromatic N) is 1. The van der Waals surface area contributed by atoms with E-state index in [4.69, 9.17) is 0 Å². The molecule has 1 unspecified atom stereocenters. The molecule has 0 rings (SSSR count). The number of carbonyl (C=O) groups excluding carboxylic acids is 2. The zero-order valence-corrected chi connectivity index (χ0v) is 12.1. The maximum absolute atomic E-state index is 10.9. The van der Waals surface area contributed by atoms with Gasteiger partial charge in [0.1, 0.15) is 6.29 Å². The van der Waals surface area contributed by atoms with Gasteiger partial charge in [0.25, 0.3) is 0 Å². The normalized spacial score (nSPS) is 12.4. The first kappa shape index (κ1) is 16.7. The van der Waals surface area contributed by atoms with Crippen molar-refractivity contribution in [1.29, 1.82) is 0 Å². The van der Waals surface area contributed by atoms with Gasteiger partial charge in [0.05, 0.1) is 5.91 Å². The van der Waals surface area contributed by atoms with Crippen LogP contribution in [0.25, 0.3) is 5.32 Å². The molecule has 0 aliphatic rings. The molecule has 0 aliphatic carbocycles. The monoisotopic (exact) mass is 219 g/mol. The van der Waals surface area contributed by atoms with E-state index < -0.39 is 0 Å². The molecule has 0 fully saturated rings. The minimum atomic E-state index is -0.189. The quantitative estimate of drug-likeness (QED) is 0.333. The van der Waals surface area contributed by atoms with Crippen LogP contribution >= 0.6 is 0 Å². The fourth-order valence-electron chi connectivity index (χ4n) is 0.729. The van der Waals surface area contributed by atoms with Gasteiger partial charge in [0.15, 0.2) is 0 Å². The Balaban J connectivity index is 0. The SMILES string of the molecule is C[N-]C(=O)C(C)/C=C\C=C/CC=O.[K+]. The van der Waals surface area contributed by atoms with Gasteiger partial charge in [-0.2, -0.15) is 0 Å². The molecule has 3 nitrogen and oxygen atoms in total. The Labute approximate surface area is 127 Å². The third-order valence-corrected chi connectivity index (χ3v) is 1.49. The molecule has 0 aliphatic heterocycles. The van der Waals surface area contributed by atoms with Crippen LogP contribution in [0.4, 0.5) is 0 Å². The molecule has 1 amide bonds. The van der Waals surface area contributed by atoms with Crippen LogP contribution in [-0.4, -0.2) is 19.2 Å². The molecule has 0 N–H and O–H groups in total. The summed E-state index contributed by atoms with van der Waals surface area (Å²) in [5, 5.41) is 3.53. The zero-order chi connectivity index (χ0) is 10.1. The summed E-state index contributed by atoms with van der Waals surface area (Å²) in [5.41, 5.74) is 0. The van der Waals surface area contributed by atoms with E-state index in [1.165, 1.54) is 7.05 Å². The largest absolute Gasteiger partial charge is 1.00 e. The van der Waals surface area contributed by atoms with Crippen LogP contribution in [0.1, 0.15) is 13.3 Å². The summed E-state index contributed by atoms with van der Waals surface area (Å²) in [7, 11) is 1.48. The van der Waals surface area contributed by atoms with Crippen molar-refractivity contribution in [2.75, 3.05) is 7.05 Å². The molecule has 1 atom stereocenters. The number of allylic oxidation sites excluding steroid dienone is 3. The predicted octanol–water partition coefficient (Wildman–Crippen LogP) is -1.14. The molecule has 0 saturated heterocycles. The minimum absolute atomic E-state index is 0. The number of aldehydes is 1. The smallest absolute Gasteiger partial charge is 0.655 e. The van der Waals surface area contributed by atoms with Crippen LogP contribution in [0.15, 0.2) is 24.3 Å². The topological polar surface area (TPSA) is 48.2 Å². The maximum Gasteiger partial charge on any atom is 1.00 e. The molecule has 0 aromatic rings. The summed E-state index contributed by atoms with van der Waals surface area (Å²) in [5.74, 6) is -0.328. The fraction of sp³-hybridized carbons (Fsp3) is 0.400. The van der Waals surface area contributed by atoms with Crippen LogP contribution in [-0.2, 0) is 9.59 Å². The number of carbonyl (C=O) groups is 2. The van der Waals surface area contributed by atoms with Crippen LogP contribution in [0, 0.1) is 5.92 Å². The van der Waals surface area contributed by atoms with Crippen molar-refractivity contribution in [2.24, 2.45) is 5.92 Å². The fourth-order valence-corrected chi connectivity index (χ4v) is 0.729. The molecular formula is C10H14KNO2. The molecule has 14 heavy (non-hydrogen) atoms. The molecule has 0 aromatic heterocycles. The van der Waals surface area contributed by atoms with Gasteiger partial charge in [-0.05, 0) is 0 Å². The number of rotatable bonds is 5. The first-order chi connectivity index (χ1) is 6.22. The van der Waals surface area contributed by atoms with E-state index in [1.807, 2.05) is 0 Å². The Kier molecular flexibility index (Phi) is 13.5. The molecule has 0 bridgehead atoms. The number of hydrogen-bond donors (Lipinski definition) is 0. The molecule has 0 aromatic carbocycles. The van der Waals surface area contributed by atoms with Crippen molar-refractivity contribution in [1.82, 2.24) is 0 Å². The van der Waals surface area contributed by atoms with Gasteiger partial charge in [0.2, 0.25) is 0 Å². The Bertz CT molecular complexity index is 224.